The molecule has 0 bridgehead atoms. The minimum atomic E-state index is 0.631. The molecule has 2 aromatic rings. The molecule has 1 aromatic carbocycles. The predicted molar refractivity (Wildman–Crippen MR) is 81.0 cm³/mol. The number of methoxy groups -OCH3 is 1. The average Bonchev–Trinajstić information content (AvgIpc) is 2.48. The van der Waals surface area contributed by atoms with Gasteiger partial charge in [0.05, 0.1) is 12.7 Å². The van der Waals surface area contributed by atoms with Crippen molar-refractivity contribution in [2.45, 2.75) is 19.9 Å². The van der Waals surface area contributed by atoms with Crippen LogP contribution in [0.1, 0.15) is 18.9 Å². The summed E-state index contributed by atoms with van der Waals surface area (Å²) in [6.07, 6.45) is 4.78. The smallest absolute Gasteiger partial charge is 0.162 e. The predicted octanol–water partition coefficient (Wildman–Crippen LogP) is 3.31. The number of rotatable bonds is 6. The van der Waals surface area contributed by atoms with Crippen molar-refractivity contribution in [2.24, 2.45) is 0 Å². The maximum atomic E-state index is 5.95. The Hall–Kier alpha value is -1.65. The van der Waals surface area contributed by atoms with E-state index in [9.17, 15) is 0 Å². The molecule has 2 rings (SSSR count). The van der Waals surface area contributed by atoms with Crippen molar-refractivity contribution < 1.29 is 4.74 Å². The van der Waals surface area contributed by atoms with Crippen LogP contribution in [0.25, 0.3) is 11.4 Å². The molecular formula is C15H18ClN3O. The topological polar surface area (TPSA) is 47.0 Å². The molecule has 0 atom stereocenters. The van der Waals surface area contributed by atoms with Crippen LogP contribution in [0.4, 0.5) is 0 Å². The van der Waals surface area contributed by atoms with Gasteiger partial charge in [-0.3, -0.25) is 0 Å². The van der Waals surface area contributed by atoms with Gasteiger partial charge in [-0.2, -0.15) is 0 Å². The third-order valence-electron chi connectivity index (χ3n) is 2.87. The quantitative estimate of drug-likeness (QED) is 0.830. The maximum Gasteiger partial charge on any atom is 0.162 e. The molecule has 0 spiro atoms. The molecule has 0 unspecified atom stereocenters. The number of nitrogens with zero attached hydrogens (tertiary/aromatic N) is 2. The summed E-state index contributed by atoms with van der Waals surface area (Å²) in [7, 11) is 1.61. The molecular weight excluding hydrogens is 274 g/mol. The van der Waals surface area contributed by atoms with Gasteiger partial charge in [0.2, 0.25) is 0 Å². The van der Waals surface area contributed by atoms with E-state index < -0.39 is 0 Å². The zero-order valence-electron chi connectivity index (χ0n) is 11.7. The van der Waals surface area contributed by atoms with E-state index in [-0.39, 0.29) is 0 Å². The number of hydrogen-bond acceptors (Lipinski definition) is 4. The number of ether oxygens (including phenoxy) is 1. The molecule has 1 aromatic heterocycles. The van der Waals surface area contributed by atoms with Crippen LogP contribution in [0.5, 0.6) is 5.75 Å². The largest absolute Gasteiger partial charge is 0.496 e. The van der Waals surface area contributed by atoms with Crippen LogP contribution in [0.2, 0.25) is 5.02 Å². The molecule has 5 heteroatoms. The van der Waals surface area contributed by atoms with Crippen molar-refractivity contribution in [1.82, 2.24) is 15.3 Å². The van der Waals surface area contributed by atoms with Crippen molar-refractivity contribution in [3.8, 4) is 17.1 Å². The molecule has 0 saturated heterocycles. The first-order valence-corrected chi connectivity index (χ1v) is 6.98. The van der Waals surface area contributed by atoms with Crippen LogP contribution in [0, 0.1) is 0 Å². The fourth-order valence-corrected chi connectivity index (χ4v) is 2.01. The summed E-state index contributed by atoms with van der Waals surface area (Å²) in [6, 6.07) is 5.43. The number of benzene rings is 1. The number of hydrogen-bond donors (Lipinski definition) is 1. The third-order valence-corrected chi connectivity index (χ3v) is 3.10. The average molecular weight is 292 g/mol. The summed E-state index contributed by atoms with van der Waals surface area (Å²) in [6.45, 7) is 3.91. The number of nitrogens with one attached hydrogen (secondary N) is 1. The number of aromatic nitrogens is 2. The Bertz CT molecular complexity index is 558. The van der Waals surface area contributed by atoms with Gasteiger partial charge in [0.25, 0.3) is 0 Å². The van der Waals surface area contributed by atoms with E-state index in [0.717, 1.165) is 30.6 Å². The van der Waals surface area contributed by atoms with E-state index in [2.05, 4.69) is 22.2 Å². The van der Waals surface area contributed by atoms with E-state index in [0.29, 0.717) is 16.6 Å². The van der Waals surface area contributed by atoms with E-state index in [1.165, 1.54) is 0 Å². The molecule has 0 fully saturated rings. The number of halogens is 1. The van der Waals surface area contributed by atoms with Crippen molar-refractivity contribution in [2.75, 3.05) is 13.7 Å². The Labute approximate surface area is 124 Å². The normalized spacial score (nSPS) is 10.6. The molecule has 1 heterocycles. The highest BCUT2D eigenvalue weighted by molar-refractivity contribution is 6.30. The highest BCUT2D eigenvalue weighted by Crippen LogP contribution is 2.29. The second kappa shape index (κ2) is 7.22. The lowest BCUT2D eigenvalue weighted by molar-refractivity contribution is 0.416. The Kier molecular flexibility index (Phi) is 5.32. The molecule has 0 amide bonds. The van der Waals surface area contributed by atoms with E-state index in [1.54, 1.807) is 19.2 Å². The second-order valence-corrected chi connectivity index (χ2v) is 4.87. The molecule has 106 valence electrons. The fourth-order valence-electron chi connectivity index (χ4n) is 1.84. The lowest BCUT2D eigenvalue weighted by Crippen LogP contribution is -2.14. The van der Waals surface area contributed by atoms with Gasteiger partial charge in [-0.25, -0.2) is 9.97 Å². The lowest BCUT2D eigenvalue weighted by atomic mass is 10.2. The molecule has 0 aliphatic carbocycles. The summed E-state index contributed by atoms with van der Waals surface area (Å²) in [4.78, 5) is 8.78. The first kappa shape index (κ1) is 14.8. The Morgan fingerprint density at radius 2 is 2.00 bits per heavy atom. The molecule has 0 radical (unpaired) electrons. The summed E-state index contributed by atoms with van der Waals surface area (Å²) in [5, 5.41) is 3.95. The maximum absolute atomic E-state index is 5.95. The van der Waals surface area contributed by atoms with E-state index in [4.69, 9.17) is 16.3 Å². The van der Waals surface area contributed by atoms with Crippen molar-refractivity contribution in [3.05, 3.63) is 41.2 Å². The van der Waals surface area contributed by atoms with Gasteiger partial charge in [0.1, 0.15) is 5.75 Å². The third kappa shape index (κ3) is 3.68. The van der Waals surface area contributed by atoms with Crippen LogP contribution in [0.3, 0.4) is 0 Å². The highest BCUT2D eigenvalue weighted by atomic mass is 35.5. The van der Waals surface area contributed by atoms with Crippen LogP contribution in [0.15, 0.2) is 30.6 Å². The van der Waals surface area contributed by atoms with Gasteiger partial charge < -0.3 is 10.1 Å². The van der Waals surface area contributed by atoms with Gasteiger partial charge in [-0.15, -0.1) is 0 Å². The van der Waals surface area contributed by atoms with Crippen LogP contribution in [-0.4, -0.2) is 23.6 Å². The Morgan fingerprint density at radius 3 is 2.65 bits per heavy atom. The minimum absolute atomic E-state index is 0.631. The zero-order chi connectivity index (χ0) is 14.4. The molecule has 0 saturated carbocycles. The first-order chi connectivity index (χ1) is 9.74. The minimum Gasteiger partial charge on any atom is -0.496 e. The first-order valence-electron chi connectivity index (χ1n) is 6.60. The Balaban J connectivity index is 2.17. The summed E-state index contributed by atoms with van der Waals surface area (Å²) in [5.41, 5.74) is 1.90. The standard InChI is InChI=1S/C15H18ClN3O/c1-3-6-17-8-11-9-18-15(19-10-11)13-5-4-12(16)7-14(13)20-2/h4-5,7,9-10,17H,3,6,8H2,1-2H3. The van der Waals surface area contributed by atoms with Gasteiger partial charge in [0, 0.05) is 29.5 Å². The summed E-state index contributed by atoms with van der Waals surface area (Å²) < 4.78 is 5.31. The van der Waals surface area contributed by atoms with Crippen molar-refractivity contribution in [3.63, 3.8) is 0 Å². The zero-order valence-corrected chi connectivity index (χ0v) is 12.4. The van der Waals surface area contributed by atoms with Crippen LogP contribution in [-0.2, 0) is 6.54 Å². The molecule has 1 N–H and O–H groups in total. The lowest BCUT2D eigenvalue weighted by Gasteiger charge is -2.08. The highest BCUT2D eigenvalue weighted by Gasteiger charge is 2.09. The molecule has 4 nitrogen and oxygen atoms in total. The Morgan fingerprint density at radius 1 is 1.25 bits per heavy atom. The SMILES string of the molecule is CCCNCc1cnc(-c2ccc(Cl)cc2OC)nc1. The summed E-state index contributed by atoms with van der Waals surface area (Å²) in [5.74, 6) is 1.31. The fraction of sp³-hybridized carbons (Fsp3) is 0.333. The molecule has 0 aliphatic rings. The van der Waals surface area contributed by atoms with E-state index >= 15 is 0 Å². The van der Waals surface area contributed by atoms with E-state index in [1.807, 2.05) is 18.5 Å². The van der Waals surface area contributed by atoms with Crippen LogP contribution < -0.4 is 10.1 Å². The molecule has 20 heavy (non-hydrogen) atoms. The molecule has 0 aliphatic heterocycles. The van der Waals surface area contributed by atoms with Crippen molar-refractivity contribution >= 4 is 11.6 Å². The van der Waals surface area contributed by atoms with Gasteiger partial charge >= 0.3 is 0 Å². The van der Waals surface area contributed by atoms with Crippen molar-refractivity contribution in [1.29, 1.82) is 0 Å². The van der Waals surface area contributed by atoms with Gasteiger partial charge in [-0.05, 0) is 31.2 Å². The van der Waals surface area contributed by atoms with Crippen LogP contribution >= 0.6 is 11.6 Å². The second-order valence-electron chi connectivity index (χ2n) is 4.44. The summed E-state index contributed by atoms with van der Waals surface area (Å²) >= 11 is 5.95. The van der Waals surface area contributed by atoms with Gasteiger partial charge in [0.15, 0.2) is 5.82 Å². The monoisotopic (exact) mass is 291 g/mol. The van der Waals surface area contributed by atoms with Gasteiger partial charge in [-0.1, -0.05) is 18.5 Å².